The van der Waals surface area contributed by atoms with Crippen molar-refractivity contribution in [2.24, 2.45) is 0 Å². The summed E-state index contributed by atoms with van der Waals surface area (Å²) in [6.07, 6.45) is 1.67. The second-order valence-corrected chi connectivity index (χ2v) is 5.37. The molecule has 0 amide bonds. The van der Waals surface area contributed by atoms with E-state index in [-0.39, 0.29) is 0 Å². The lowest BCUT2D eigenvalue weighted by atomic mass is 10.2. The third-order valence-electron chi connectivity index (χ3n) is 3.67. The van der Waals surface area contributed by atoms with Crippen LogP contribution in [0.2, 0.25) is 5.02 Å². The van der Waals surface area contributed by atoms with Gasteiger partial charge in [0.25, 0.3) is 5.78 Å². The van der Waals surface area contributed by atoms with Crippen LogP contribution in [0.4, 0.5) is 11.5 Å². The average Bonchev–Trinajstić information content (AvgIpc) is 3.03. The second-order valence-electron chi connectivity index (χ2n) is 4.96. The van der Waals surface area contributed by atoms with Crippen LogP contribution in [0.3, 0.4) is 0 Å². The fraction of sp³-hybridized carbons (Fsp3) is 0.0625. The molecule has 0 N–H and O–H groups in total. The van der Waals surface area contributed by atoms with Crippen molar-refractivity contribution in [3.63, 3.8) is 0 Å². The lowest BCUT2D eigenvalue weighted by Crippen LogP contribution is -2.13. The van der Waals surface area contributed by atoms with E-state index in [1.54, 1.807) is 6.33 Å². The fourth-order valence-corrected chi connectivity index (χ4v) is 2.86. The Balaban J connectivity index is 2.02. The van der Waals surface area contributed by atoms with E-state index >= 15 is 0 Å². The van der Waals surface area contributed by atoms with Crippen LogP contribution in [0.1, 0.15) is 0 Å². The summed E-state index contributed by atoms with van der Waals surface area (Å²) < 4.78 is 1.87. The smallest absolute Gasteiger partial charge is 0.257 e. The normalized spacial score (nSPS) is 11.2. The number of aromatic nitrogens is 4. The van der Waals surface area contributed by atoms with Crippen LogP contribution in [0.25, 0.3) is 16.7 Å². The molecule has 0 aliphatic carbocycles. The number of halogens is 1. The van der Waals surface area contributed by atoms with E-state index in [2.05, 4.69) is 15.2 Å². The van der Waals surface area contributed by atoms with E-state index in [1.807, 2.05) is 64.9 Å². The standard InChI is InChI=1S/C16H12ClN5/c1-21(14-9-5-3-7-12(14)17)15-11-6-2-4-8-13(11)22-10-18-20-16(22)19-15/h2-10H,1H3. The maximum atomic E-state index is 6.31. The summed E-state index contributed by atoms with van der Waals surface area (Å²) in [7, 11) is 1.95. The Morgan fingerprint density at radius 1 is 1.05 bits per heavy atom. The van der Waals surface area contributed by atoms with Crippen LogP contribution < -0.4 is 4.90 Å². The quantitative estimate of drug-likeness (QED) is 0.566. The first-order valence-electron chi connectivity index (χ1n) is 6.82. The Labute approximate surface area is 131 Å². The molecule has 0 fully saturated rings. The highest BCUT2D eigenvalue weighted by molar-refractivity contribution is 6.33. The Bertz CT molecular complexity index is 979. The van der Waals surface area contributed by atoms with E-state index in [0.717, 1.165) is 22.4 Å². The number of para-hydroxylation sites is 2. The molecule has 0 bridgehead atoms. The molecule has 108 valence electrons. The molecule has 0 aliphatic rings. The molecule has 4 rings (SSSR count). The molecule has 6 heteroatoms. The molecule has 0 saturated heterocycles. The minimum atomic E-state index is 0.563. The van der Waals surface area contributed by atoms with Gasteiger partial charge in [-0.2, -0.15) is 4.98 Å². The average molecular weight is 310 g/mol. The molecule has 4 aromatic rings. The van der Waals surface area contributed by atoms with Gasteiger partial charge in [-0.15, -0.1) is 10.2 Å². The zero-order valence-corrected chi connectivity index (χ0v) is 12.6. The Morgan fingerprint density at radius 2 is 1.82 bits per heavy atom. The van der Waals surface area contributed by atoms with Crippen LogP contribution in [0, 0.1) is 0 Å². The van der Waals surface area contributed by atoms with Gasteiger partial charge in [-0.25, -0.2) is 0 Å². The lowest BCUT2D eigenvalue weighted by molar-refractivity contribution is 1.08. The number of nitrogens with zero attached hydrogens (tertiary/aromatic N) is 5. The van der Waals surface area contributed by atoms with Crippen molar-refractivity contribution in [1.82, 2.24) is 19.6 Å². The maximum absolute atomic E-state index is 6.31. The van der Waals surface area contributed by atoms with Gasteiger partial charge in [0.15, 0.2) is 0 Å². The van der Waals surface area contributed by atoms with E-state index < -0.39 is 0 Å². The van der Waals surface area contributed by atoms with Gasteiger partial charge in [-0.1, -0.05) is 35.9 Å². The van der Waals surface area contributed by atoms with Gasteiger partial charge < -0.3 is 4.90 Å². The number of anilines is 2. The van der Waals surface area contributed by atoms with Crippen molar-refractivity contribution in [2.75, 3.05) is 11.9 Å². The summed E-state index contributed by atoms with van der Waals surface area (Å²) in [6, 6.07) is 15.7. The molecular formula is C16H12ClN5. The third-order valence-corrected chi connectivity index (χ3v) is 3.99. The summed E-state index contributed by atoms with van der Waals surface area (Å²) >= 11 is 6.31. The summed E-state index contributed by atoms with van der Waals surface area (Å²) in [5.74, 6) is 1.36. The Morgan fingerprint density at radius 3 is 2.68 bits per heavy atom. The first-order valence-corrected chi connectivity index (χ1v) is 7.20. The zero-order chi connectivity index (χ0) is 15.1. The van der Waals surface area contributed by atoms with Gasteiger partial charge in [-0.3, -0.25) is 4.40 Å². The van der Waals surface area contributed by atoms with Crippen molar-refractivity contribution in [1.29, 1.82) is 0 Å². The van der Waals surface area contributed by atoms with Gasteiger partial charge >= 0.3 is 0 Å². The number of rotatable bonds is 2. The van der Waals surface area contributed by atoms with Gasteiger partial charge in [0.1, 0.15) is 12.1 Å². The fourth-order valence-electron chi connectivity index (χ4n) is 2.60. The molecule has 0 unspecified atom stereocenters. The first-order chi connectivity index (χ1) is 10.8. The molecule has 2 aromatic heterocycles. The van der Waals surface area contributed by atoms with Crippen LogP contribution in [0.5, 0.6) is 0 Å². The predicted octanol–water partition coefficient (Wildman–Crippen LogP) is 3.70. The summed E-state index contributed by atoms with van der Waals surface area (Å²) in [5.41, 5.74) is 1.90. The van der Waals surface area contributed by atoms with Gasteiger partial charge in [0, 0.05) is 12.4 Å². The summed E-state index contributed by atoms with van der Waals surface area (Å²) in [4.78, 5) is 6.61. The molecule has 5 nitrogen and oxygen atoms in total. The van der Waals surface area contributed by atoms with Crippen molar-refractivity contribution in [3.05, 3.63) is 59.9 Å². The molecule has 0 atom stereocenters. The minimum absolute atomic E-state index is 0.563. The SMILES string of the molecule is CN(c1ccccc1Cl)c1nc2nncn2c2ccccc12. The van der Waals surface area contributed by atoms with Crippen molar-refractivity contribution in [2.45, 2.75) is 0 Å². The van der Waals surface area contributed by atoms with Gasteiger partial charge in [-0.05, 0) is 24.3 Å². The molecule has 2 aromatic carbocycles. The number of fused-ring (bicyclic) bond motifs is 3. The predicted molar refractivity (Wildman–Crippen MR) is 87.8 cm³/mol. The molecule has 0 saturated carbocycles. The van der Waals surface area contributed by atoms with Crippen LogP contribution in [-0.4, -0.2) is 26.6 Å². The van der Waals surface area contributed by atoms with Crippen LogP contribution >= 0.6 is 11.6 Å². The molecule has 2 heterocycles. The zero-order valence-electron chi connectivity index (χ0n) is 11.8. The topological polar surface area (TPSA) is 46.3 Å². The van der Waals surface area contributed by atoms with Crippen LogP contribution in [0.15, 0.2) is 54.9 Å². The van der Waals surface area contributed by atoms with Crippen molar-refractivity contribution < 1.29 is 0 Å². The third kappa shape index (κ3) is 1.90. The number of hydrogen-bond acceptors (Lipinski definition) is 4. The minimum Gasteiger partial charge on any atom is -0.327 e. The van der Waals surface area contributed by atoms with E-state index in [9.17, 15) is 0 Å². The lowest BCUT2D eigenvalue weighted by Gasteiger charge is -2.21. The molecule has 0 spiro atoms. The Hall–Kier alpha value is -2.66. The van der Waals surface area contributed by atoms with Crippen LogP contribution in [-0.2, 0) is 0 Å². The molecule has 22 heavy (non-hydrogen) atoms. The second kappa shape index (κ2) is 4.96. The summed E-state index contributed by atoms with van der Waals surface area (Å²) in [5, 5.41) is 9.71. The van der Waals surface area contributed by atoms with E-state index in [1.165, 1.54) is 0 Å². The number of benzene rings is 2. The molecular weight excluding hydrogens is 298 g/mol. The van der Waals surface area contributed by atoms with E-state index in [0.29, 0.717) is 10.8 Å². The molecule has 0 radical (unpaired) electrons. The van der Waals surface area contributed by atoms with E-state index in [4.69, 9.17) is 11.6 Å². The first kappa shape index (κ1) is 13.0. The van der Waals surface area contributed by atoms with Crippen molar-refractivity contribution in [3.8, 4) is 0 Å². The Kier molecular flexibility index (Phi) is 2.94. The highest BCUT2D eigenvalue weighted by atomic mass is 35.5. The highest BCUT2D eigenvalue weighted by Gasteiger charge is 2.15. The van der Waals surface area contributed by atoms with Crippen molar-refractivity contribution >= 4 is 39.8 Å². The van der Waals surface area contributed by atoms with Gasteiger partial charge in [0.05, 0.1) is 16.2 Å². The monoisotopic (exact) mass is 309 g/mol. The largest absolute Gasteiger partial charge is 0.327 e. The maximum Gasteiger partial charge on any atom is 0.257 e. The van der Waals surface area contributed by atoms with Gasteiger partial charge in [0.2, 0.25) is 0 Å². The highest BCUT2D eigenvalue weighted by Crippen LogP contribution is 2.33. The molecule has 0 aliphatic heterocycles. The number of hydrogen-bond donors (Lipinski definition) is 0. The summed E-state index contributed by atoms with van der Waals surface area (Å²) in [6.45, 7) is 0.